The third-order valence-corrected chi connectivity index (χ3v) is 27.2. The molecular weight excluding hydrogens is 1260 g/mol. The van der Waals surface area contributed by atoms with Crippen LogP contribution in [0.4, 0.5) is 0 Å². The van der Waals surface area contributed by atoms with Gasteiger partial charge in [-0.05, 0) is 169 Å². The van der Waals surface area contributed by atoms with E-state index in [1.807, 2.05) is 69.2 Å². The molecule has 5 fully saturated rings. The molecule has 0 heterocycles. The summed E-state index contributed by atoms with van der Waals surface area (Å²) in [5, 5.41) is -0.0835. The van der Waals surface area contributed by atoms with Gasteiger partial charge in [-0.2, -0.15) is 0 Å². The van der Waals surface area contributed by atoms with Crippen LogP contribution < -0.4 is 23.6 Å². The molecule has 526 valence electrons. The van der Waals surface area contributed by atoms with Crippen molar-refractivity contribution in [1.29, 1.82) is 0 Å². The molecule has 5 saturated carbocycles. The maximum absolute atomic E-state index is 11.7. The SMILES string of the molecule is CC(C)CS(=O)(=O)C1CCC1.CC(C)CS(=O)(=O)CC1CCCCC1.CC(C)NS(=O)(=O)C1CC1.CC(C)NS(=O)(=O)CC1CCCC1.CC(C)NS(=O)(=O)CC1CCCCC1.CCCCOCCS(=O)(=O)NC(C)C.COCCS(=O)(=O)NC(C)C. The lowest BCUT2D eigenvalue weighted by molar-refractivity contribution is 0.145. The van der Waals surface area contributed by atoms with Crippen molar-refractivity contribution >= 4 is 69.8 Å². The first kappa shape index (κ1) is 88.4. The standard InChI is InChI=1S/C11H22O2S.C10H21NO2S.C9H21NO3S.C9H19NO2S.C8H16O2S.C6H15NO3S.C6H13NO2S/c1-10(2)8-14(12,13)9-11-6-4-3-5-7-11;1-9(2)11-14(12,13)8-10-6-4-3-5-7-10;1-4-5-6-13-7-8-14(11,12)10-9(2)3;1-8(2)10-13(11,12)7-9-5-3-4-6-9;1-7(2)6-11(9,10)8-4-3-5-8;1-6(2)7-11(8,9)5-4-10-3;1-5(2)7-10(8,9)6-3-4-6/h10-11H,3-9H2,1-2H3;9-11H,3-8H2,1-2H3;9-10H,4-8H2,1-3H3;8-10H,3-7H2,1-2H3;7-8H,3-6H2,1-2H3;6-7H,4-5H2,1-3H3;5-7H,3-4H2,1-2H3. The average Bonchev–Trinajstić information content (AvgIpc) is 3.86. The molecule has 0 atom stereocenters. The van der Waals surface area contributed by atoms with E-state index in [9.17, 15) is 58.9 Å². The maximum atomic E-state index is 11.7. The Kier molecular flexibility index (Phi) is 46.4. The smallest absolute Gasteiger partial charge is 0.214 e. The fourth-order valence-corrected chi connectivity index (χ4v) is 21.9. The van der Waals surface area contributed by atoms with Gasteiger partial charge >= 0.3 is 0 Å². The van der Waals surface area contributed by atoms with Crippen LogP contribution in [0, 0.1) is 29.6 Å². The monoisotopic (exact) mass is 1390 g/mol. The maximum Gasteiger partial charge on any atom is 0.214 e. The van der Waals surface area contributed by atoms with Gasteiger partial charge in [0, 0.05) is 43.9 Å². The zero-order valence-electron chi connectivity index (χ0n) is 56.7. The Morgan fingerprint density at radius 3 is 1.02 bits per heavy atom. The van der Waals surface area contributed by atoms with Crippen molar-refractivity contribution in [3.05, 3.63) is 0 Å². The molecule has 0 aromatic carbocycles. The molecule has 0 spiro atoms. The second kappa shape index (κ2) is 45.7. The summed E-state index contributed by atoms with van der Waals surface area (Å²) in [5.74, 6) is 3.69. The van der Waals surface area contributed by atoms with Gasteiger partial charge < -0.3 is 9.47 Å². The number of unbranched alkanes of at least 4 members (excludes halogenated alkanes) is 1. The molecule has 0 aromatic rings. The fourth-order valence-electron chi connectivity index (χ4n) is 9.93. The number of ether oxygens (including phenoxy) is 2. The van der Waals surface area contributed by atoms with Crippen LogP contribution in [0.2, 0.25) is 0 Å². The average molecular weight is 1390 g/mol. The zero-order valence-corrected chi connectivity index (χ0v) is 62.5. The number of methoxy groups -OCH3 is 1. The van der Waals surface area contributed by atoms with Gasteiger partial charge in [0.1, 0.15) is 0 Å². The topological polar surface area (TPSA) is 318 Å². The third-order valence-electron chi connectivity index (χ3n) is 13.8. The highest BCUT2D eigenvalue weighted by Gasteiger charge is 2.36. The molecule has 0 unspecified atom stereocenters. The summed E-state index contributed by atoms with van der Waals surface area (Å²) in [4.78, 5) is 0. The van der Waals surface area contributed by atoms with Gasteiger partial charge in [0.2, 0.25) is 50.1 Å². The van der Waals surface area contributed by atoms with E-state index in [1.165, 1.54) is 58.5 Å². The molecule has 5 aliphatic carbocycles. The van der Waals surface area contributed by atoms with Gasteiger partial charge in [0.05, 0.1) is 64.0 Å². The molecule has 0 aromatic heterocycles. The zero-order chi connectivity index (χ0) is 67.3. The van der Waals surface area contributed by atoms with E-state index < -0.39 is 69.8 Å². The van der Waals surface area contributed by atoms with E-state index in [4.69, 9.17) is 4.74 Å². The molecule has 5 rings (SSSR count). The summed E-state index contributed by atoms with van der Waals surface area (Å²) in [6.07, 6.45) is 23.0. The quantitative estimate of drug-likeness (QED) is 0.0404. The molecule has 0 amide bonds. The molecule has 87 heavy (non-hydrogen) atoms. The van der Waals surface area contributed by atoms with E-state index in [2.05, 4.69) is 35.3 Å². The Bertz CT molecular complexity index is 2520. The normalized spacial score (nSPS) is 17.9. The van der Waals surface area contributed by atoms with Crippen LogP contribution in [-0.2, 0) is 79.3 Å². The fraction of sp³-hybridized carbons (Fsp3) is 1.00. The van der Waals surface area contributed by atoms with E-state index in [-0.39, 0.29) is 77.3 Å². The van der Waals surface area contributed by atoms with E-state index >= 15 is 0 Å². The number of hydrogen-bond donors (Lipinski definition) is 5. The first-order valence-electron chi connectivity index (χ1n) is 32.5. The Hall–Kier alpha value is -0.630. The predicted octanol–water partition coefficient (Wildman–Crippen LogP) is 9.21. The lowest BCUT2D eigenvalue weighted by Gasteiger charge is -2.25. The minimum atomic E-state index is -3.14. The lowest BCUT2D eigenvalue weighted by atomic mass is 9.91. The first-order chi connectivity index (χ1) is 40.0. The van der Waals surface area contributed by atoms with Crippen LogP contribution in [0.5, 0.6) is 0 Å². The summed E-state index contributed by atoms with van der Waals surface area (Å²) in [6, 6.07) is -0.0203. The number of rotatable bonds is 31. The van der Waals surface area contributed by atoms with Crippen LogP contribution in [-0.4, -0.2) is 167 Å². The Morgan fingerprint density at radius 2 is 0.713 bits per heavy atom. The molecule has 0 bridgehead atoms. The van der Waals surface area contributed by atoms with Crippen LogP contribution in [0.3, 0.4) is 0 Å². The van der Waals surface area contributed by atoms with Crippen molar-refractivity contribution in [2.24, 2.45) is 29.6 Å². The summed E-state index contributed by atoms with van der Waals surface area (Å²) in [5.41, 5.74) is 0. The third kappa shape index (κ3) is 52.4. The number of hydrogen-bond acceptors (Lipinski definition) is 16. The molecule has 0 radical (unpaired) electrons. The Morgan fingerprint density at radius 1 is 0.368 bits per heavy atom. The van der Waals surface area contributed by atoms with Crippen molar-refractivity contribution in [2.45, 2.75) is 279 Å². The van der Waals surface area contributed by atoms with Gasteiger partial charge in [0.25, 0.3) is 0 Å². The van der Waals surface area contributed by atoms with Gasteiger partial charge in [-0.3, -0.25) is 0 Å². The van der Waals surface area contributed by atoms with E-state index in [0.717, 1.165) is 83.5 Å². The number of sulfonamides is 5. The molecule has 5 N–H and O–H groups in total. The summed E-state index contributed by atoms with van der Waals surface area (Å²) >= 11 is 0. The van der Waals surface area contributed by atoms with E-state index in [0.29, 0.717) is 53.1 Å². The first-order valence-corrected chi connectivity index (χ1v) is 44.2. The van der Waals surface area contributed by atoms with E-state index in [1.54, 1.807) is 27.7 Å². The van der Waals surface area contributed by atoms with Crippen LogP contribution >= 0.6 is 0 Å². The van der Waals surface area contributed by atoms with Gasteiger partial charge in [-0.1, -0.05) is 98.8 Å². The van der Waals surface area contributed by atoms with Gasteiger partial charge in [0.15, 0.2) is 19.7 Å². The molecule has 5 aliphatic rings. The lowest BCUT2D eigenvalue weighted by Crippen LogP contribution is -2.35. The number of nitrogens with one attached hydrogen (secondary N) is 5. The summed E-state index contributed by atoms with van der Waals surface area (Å²) < 4.78 is 182. The number of sulfone groups is 2. The Labute approximate surface area is 534 Å². The van der Waals surface area contributed by atoms with Gasteiger partial charge in [-0.15, -0.1) is 0 Å². The van der Waals surface area contributed by atoms with Gasteiger partial charge in [-0.25, -0.2) is 82.5 Å². The second-order valence-corrected chi connectivity index (χ2v) is 40.5. The highest BCUT2D eigenvalue weighted by molar-refractivity contribution is 7.92. The van der Waals surface area contributed by atoms with Crippen LogP contribution in [0.25, 0.3) is 0 Å². The highest BCUT2D eigenvalue weighted by Crippen LogP contribution is 2.29. The Balaban J connectivity index is 0. The molecule has 0 aliphatic heterocycles. The predicted molar refractivity (Wildman–Crippen MR) is 361 cm³/mol. The minimum absolute atomic E-state index is 0.00454. The molecular formula is C59H127N5O16S7. The molecule has 28 heteroatoms. The van der Waals surface area contributed by atoms with Crippen molar-refractivity contribution < 1.29 is 68.4 Å². The van der Waals surface area contributed by atoms with Crippen molar-refractivity contribution in [1.82, 2.24) is 23.6 Å². The summed E-state index contributed by atoms with van der Waals surface area (Å²) in [7, 11) is -19.3. The minimum Gasteiger partial charge on any atom is -0.384 e. The molecule has 21 nitrogen and oxygen atoms in total. The second-order valence-electron chi connectivity index (χ2n) is 26.7. The molecule has 0 saturated heterocycles. The van der Waals surface area contributed by atoms with Crippen molar-refractivity contribution in [3.63, 3.8) is 0 Å². The largest absolute Gasteiger partial charge is 0.384 e. The highest BCUT2D eigenvalue weighted by atomic mass is 32.2. The van der Waals surface area contributed by atoms with Crippen LogP contribution in [0.15, 0.2) is 0 Å². The van der Waals surface area contributed by atoms with Crippen LogP contribution in [0.1, 0.15) is 239 Å². The van der Waals surface area contributed by atoms with Crippen molar-refractivity contribution in [2.75, 3.05) is 67.2 Å². The summed E-state index contributed by atoms with van der Waals surface area (Å²) in [6.45, 7) is 29.3. The van der Waals surface area contributed by atoms with Crippen molar-refractivity contribution in [3.8, 4) is 0 Å².